The summed E-state index contributed by atoms with van der Waals surface area (Å²) in [6.45, 7) is 6.72. The summed E-state index contributed by atoms with van der Waals surface area (Å²) in [5, 5.41) is 9.75. The zero-order valence-corrected chi connectivity index (χ0v) is 15.2. The molecule has 8 heteroatoms. The predicted molar refractivity (Wildman–Crippen MR) is 101 cm³/mol. The largest absolute Gasteiger partial charge is 0.493 e. The second kappa shape index (κ2) is 8.98. The summed E-state index contributed by atoms with van der Waals surface area (Å²) >= 11 is 0. The Hall–Kier alpha value is -2.16. The third-order valence-corrected chi connectivity index (χ3v) is 4.71. The Labute approximate surface area is 153 Å². The van der Waals surface area contributed by atoms with Gasteiger partial charge in [-0.3, -0.25) is 4.90 Å². The molecule has 1 fully saturated rings. The van der Waals surface area contributed by atoms with E-state index in [1.54, 1.807) is 7.11 Å². The molecule has 0 aliphatic carbocycles. The number of benzene rings is 1. The Kier molecular flexibility index (Phi) is 6.43. The van der Waals surface area contributed by atoms with Gasteiger partial charge in [0.2, 0.25) is 0 Å². The van der Waals surface area contributed by atoms with Crippen LogP contribution in [0.4, 0.5) is 5.82 Å². The molecule has 0 bridgehead atoms. The predicted octanol–water partition coefficient (Wildman–Crippen LogP) is 0.599. The van der Waals surface area contributed by atoms with Crippen LogP contribution < -0.4 is 15.2 Å². The van der Waals surface area contributed by atoms with Crippen molar-refractivity contribution in [3.05, 3.63) is 18.5 Å². The molecule has 26 heavy (non-hydrogen) atoms. The van der Waals surface area contributed by atoms with E-state index in [-0.39, 0.29) is 6.61 Å². The standard InChI is InChI=1S/C18H27N5O3/c1-25-16-11-14-15(20-13-21-18(14)19)12-17(16)26-10-2-3-22-4-6-23(7-5-22)8-9-24/h11-13,24H,2-10H2,1H3,(H2,19,20,21). The van der Waals surface area contributed by atoms with E-state index in [9.17, 15) is 0 Å². The van der Waals surface area contributed by atoms with E-state index < -0.39 is 0 Å². The van der Waals surface area contributed by atoms with E-state index in [1.807, 2.05) is 12.1 Å². The second-order valence-corrected chi connectivity index (χ2v) is 6.39. The fourth-order valence-corrected chi connectivity index (χ4v) is 3.20. The Bertz CT molecular complexity index is 719. The summed E-state index contributed by atoms with van der Waals surface area (Å²) in [6.07, 6.45) is 2.39. The SMILES string of the molecule is COc1cc2c(N)ncnc2cc1OCCCN1CCN(CCO)CC1. The Balaban J connectivity index is 1.50. The normalized spacial score (nSPS) is 16.1. The van der Waals surface area contributed by atoms with Crippen molar-refractivity contribution < 1.29 is 14.6 Å². The van der Waals surface area contributed by atoms with Gasteiger partial charge in [0.15, 0.2) is 11.5 Å². The Morgan fingerprint density at radius 3 is 2.50 bits per heavy atom. The van der Waals surface area contributed by atoms with Gasteiger partial charge in [-0.25, -0.2) is 9.97 Å². The molecule has 0 amide bonds. The molecule has 2 aromatic rings. The monoisotopic (exact) mass is 361 g/mol. The molecule has 8 nitrogen and oxygen atoms in total. The maximum absolute atomic E-state index is 8.99. The van der Waals surface area contributed by atoms with Crippen molar-refractivity contribution in [3.63, 3.8) is 0 Å². The maximum atomic E-state index is 8.99. The second-order valence-electron chi connectivity index (χ2n) is 6.39. The van der Waals surface area contributed by atoms with Crippen molar-refractivity contribution >= 4 is 16.7 Å². The highest BCUT2D eigenvalue weighted by Crippen LogP contribution is 2.33. The van der Waals surface area contributed by atoms with Crippen LogP contribution in [0.2, 0.25) is 0 Å². The average Bonchev–Trinajstić information content (AvgIpc) is 2.66. The molecule has 1 saturated heterocycles. The van der Waals surface area contributed by atoms with Gasteiger partial charge in [0.05, 0.1) is 25.8 Å². The zero-order valence-electron chi connectivity index (χ0n) is 15.2. The number of aliphatic hydroxyl groups is 1. The molecule has 0 unspecified atom stereocenters. The van der Waals surface area contributed by atoms with Crippen LogP contribution in [0.5, 0.6) is 11.5 Å². The van der Waals surface area contributed by atoms with Gasteiger partial charge in [0, 0.05) is 50.7 Å². The lowest BCUT2D eigenvalue weighted by molar-refractivity contribution is 0.108. The van der Waals surface area contributed by atoms with Crippen LogP contribution in [0.25, 0.3) is 10.9 Å². The van der Waals surface area contributed by atoms with Crippen molar-refractivity contribution in [1.82, 2.24) is 19.8 Å². The smallest absolute Gasteiger partial charge is 0.163 e. The Morgan fingerprint density at radius 1 is 1.08 bits per heavy atom. The summed E-state index contributed by atoms with van der Waals surface area (Å²) in [5.74, 6) is 1.74. The molecule has 0 spiro atoms. The number of aromatic nitrogens is 2. The number of methoxy groups -OCH3 is 1. The van der Waals surface area contributed by atoms with E-state index in [2.05, 4.69) is 19.8 Å². The summed E-state index contributed by atoms with van der Waals surface area (Å²) in [5.41, 5.74) is 6.64. The molecule has 3 rings (SSSR count). The fraction of sp³-hybridized carbons (Fsp3) is 0.556. The van der Waals surface area contributed by atoms with E-state index >= 15 is 0 Å². The number of aliphatic hydroxyl groups excluding tert-OH is 1. The number of nitrogens with two attached hydrogens (primary N) is 1. The highest BCUT2D eigenvalue weighted by atomic mass is 16.5. The molecule has 2 heterocycles. The number of β-amino-alcohol motifs (C(OH)–C–C–N with tert-alkyl or cyclic N) is 1. The highest BCUT2D eigenvalue weighted by molar-refractivity contribution is 5.90. The fourth-order valence-electron chi connectivity index (χ4n) is 3.20. The first-order valence-electron chi connectivity index (χ1n) is 8.98. The number of ether oxygens (including phenoxy) is 2. The van der Waals surface area contributed by atoms with Gasteiger partial charge in [0.1, 0.15) is 12.1 Å². The molecule has 0 atom stereocenters. The van der Waals surface area contributed by atoms with Gasteiger partial charge in [-0.1, -0.05) is 0 Å². The van der Waals surface area contributed by atoms with Gasteiger partial charge in [-0.15, -0.1) is 0 Å². The molecule has 142 valence electrons. The third-order valence-electron chi connectivity index (χ3n) is 4.71. The van der Waals surface area contributed by atoms with Crippen LogP contribution in [0.1, 0.15) is 6.42 Å². The quantitative estimate of drug-likeness (QED) is 0.660. The van der Waals surface area contributed by atoms with Crippen LogP contribution in [0, 0.1) is 0 Å². The summed E-state index contributed by atoms with van der Waals surface area (Å²) < 4.78 is 11.3. The topological polar surface area (TPSA) is 97.0 Å². The maximum Gasteiger partial charge on any atom is 0.163 e. The number of nitrogens with zero attached hydrogens (tertiary/aromatic N) is 4. The van der Waals surface area contributed by atoms with Gasteiger partial charge >= 0.3 is 0 Å². The molecular weight excluding hydrogens is 334 g/mol. The lowest BCUT2D eigenvalue weighted by Crippen LogP contribution is -2.47. The lowest BCUT2D eigenvalue weighted by atomic mass is 10.2. The first-order valence-corrected chi connectivity index (χ1v) is 8.98. The number of anilines is 1. The first kappa shape index (κ1) is 18.6. The minimum absolute atomic E-state index is 0.234. The zero-order chi connectivity index (χ0) is 18.4. The number of piperazine rings is 1. The molecule has 3 N–H and O–H groups in total. The lowest BCUT2D eigenvalue weighted by Gasteiger charge is -2.34. The number of rotatable bonds is 8. The molecule has 1 aliphatic rings. The molecule has 1 aromatic heterocycles. The van der Waals surface area contributed by atoms with Crippen molar-refractivity contribution in [3.8, 4) is 11.5 Å². The molecule has 1 aliphatic heterocycles. The van der Waals surface area contributed by atoms with Gasteiger partial charge < -0.3 is 25.2 Å². The van der Waals surface area contributed by atoms with Crippen molar-refractivity contribution in [2.45, 2.75) is 6.42 Å². The number of fused-ring (bicyclic) bond motifs is 1. The van der Waals surface area contributed by atoms with E-state index in [0.29, 0.717) is 23.9 Å². The minimum Gasteiger partial charge on any atom is -0.493 e. The van der Waals surface area contributed by atoms with Crippen molar-refractivity contribution in [2.75, 3.05) is 65.3 Å². The third kappa shape index (κ3) is 4.51. The number of hydrogen-bond acceptors (Lipinski definition) is 8. The molecule has 1 aromatic carbocycles. The minimum atomic E-state index is 0.234. The van der Waals surface area contributed by atoms with Crippen molar-refractivity contribution in [1.29, 1.82) is 0 Å². The first-order chi connectivity index (χ1) is 12.7. The number of nitrogen functional groups attached to an aromatic ring is 1. The van der Waals surface area contributed by atoms with Crippen LogP contribution in [0.15, 0.2) is 18.5 Å². The molecule has 0 saturated carbocycles. The van der Waals surface area contributed by atoms with Crippen LogP contribution in [0.3, 0.4) is 0 Å². The average molecular weight is 361 g/mol. The summed E-state index contributed by atoms with van der Waals surface area (Å²) in [6, 6.07) is 3.67. The van der Waals surface area contributed by atoms with Crippen LogP contribution in [-0.4, -0.2) is 84.5 Å². The summed E-state index contributed by atoms with van der Waals surface area (Å²) in [7, 11) is 1.61. The van der Waals surface area contributed by atoms with E-state index in [4.69, 9.17) is 20.3 Å². The van der Waals surface area contributed by atoms with Crippen LogP contribution in [-0.2, 0) is 0 Å². The number of hydrogen-bond donors (Lipinski definition) is 2. The summed E-state index contributed by atoms with van der Waals surface area (Å²) in [4.78, 5) is 13.0. The van der Waals surface area contributed by atoms with Gasteiger partial charge in [0.25, 0.3) is 0 Å². The van der Waals surface area contributed by atoms with Gasteiger partial charge in [-0.2, -0.15) is 0 Å². The van der Waals surface area contributed by atoms with E-state index in [1.165, 1.54) is 6.33 Å². The molecule has 0 radical (unpaired) electrons. The van der Waals surface area contributed by atoms with E-state index in [0.717, 1.165) is 56.6 Å². The van der Waals surface area contributed by atoms with Crippen molar-refractivity contribution in [2.24, 2.45) is 0 Å². The molecular formula is C18H27N5O3. The van der Waals surface area contributed by atoms with Gasteiger partial charge in [-0.05, 0) is 12.5 Å². The van der Waals surface area contributed by atoms with Crippen LogP contribution >= 0.6 is 0 Å². The highest BCUT2D eigenvalue weighted by Gasteiger charge is 2.16. The Morgan fingerprint density at radius 2 is 1.81 bits per heavy atom.